The van der Waals surface area contributed by atoms with Crippen molar-refractivity contribution in [2.24, 2.45) is 0 Å². The van der Waals surface area contributed by atoms with Gasteiger partial charge >= 0.3 is 0 Å². The van der Waals surface area contributed by atoms with E-state index in [0.717, 1.165) is 11.3 Å². The van der Waals surface area contributed by atoms with Gasteiger partial charge in [-0.25, -0.2) is 8.78 Å². The van der Waals surface area contributed by atoms with Crippen molar-refractivity contribution in [1.82, 2.24) is 0 Å². The number of benzene rings is 2. The summed E-state index contributed by atoms with van der Waals surface area (Å²) >= 11 is 3.14. The van der Waals surface area contributed by atoms with Crippen molar-refractivity contribution < 1.29 is 8.78 Å². The minimum absolute atomic E-state index is 0.0625. The van der Waals surface area contributed by atoms with Crippen molar-refractivity contribution in [3.8, 4) is 0 Å². The second-order valence-electron chi connectivity index (χ2n) is 4.50. The highest BCUT2D eigenvalue weighted by atomic mass is 79.9. The number of aryl methyl sites for hydroxylation is 1. The lowest BCUT2D eigenvalue weighted by atomic mass is 10.1. The van der Waals surface area contributed by atoms with Crippen LogP contribution in [0.1, 0.15) is 24.1 Å². The van der Waals surface area contributed by atoms with Gasteiger partial charge in [0.1, 0.15) is 11.6 Å². The van der Waals surface area contributed by atoms with Crippen molar-refractivity contribution in [2.45, 2.75) is 19.9 Å². The normalized spacial score (nSPS) is 12.3. The molecule has 0 fully saturated rings. The van der Waals surface area contributed by atoms with E-state index in [2.05, 4.69) is 21.2 Å². The van der Waals surface area contributed by atoms with E-state index in [1.54, 1.807) is 25.1 Å². The van der Waals surface area contributed by atoms with Gasteiger partial charge in [0.2, 0.25) is 0 Å². The Balaban J connectivity index is 2.17. The fourth-order valence-corrected chi connectivity index (χ4v) is 2.18. The Morgan fingerprint density at radius 3 is 2.42 bits per heavy atom. The van der Waals surface area contributed by atoms with E-state index in [4.69, 9.17) is 0 Å². The monoisotopic (exact) mass is 325 g/mol. The molecular formula is C15H14BrF2N. The maximum absolute atomic E-state index is 13.5. The maximum Gasteiger partial charge on any atom is 0.137 e. The summed E-state index contributed by atoms with van der Waals surface area (Å²) < 4.78 is 27.0. The molecule has 0 saturated heterocycles. The number of halogens is 3. The molecular weight excluding hydrogens is 312 g/mol. The average Bonchev–Trinajstić information content (AvgIpc) is 2.37. The number of nitrogens with one attached hydrogen (secondary N) is 1. The Morgan fingerprint density at radius 2 is 1.79 bits per heavy atom. The number of hydrogen-bond acceptors (Lipinski definition) is 1. The third-order valence-electron chi connectivity index (χ3n) is 3.00. The van der Waals surface area contributed by atoms with Crippen LogP contribution in [0, 0.1) is 18.6 Å². The molecule has 100 valence electrons. The molecule has 19 heavy (non-hydrogen) atoms. The number of anilines is 1. The molecule has 1 atom stereocenters. The molecule has 0 bridgehead atoms. The molecule has 2 rings (SSSR count). The molecule has 0 saturated carbocycles. The van der Waals surface area contributed by atoms with E-state index in [9.17, 15) is 8.78 Å². The van der Waals surface area contributed by atoms with Gasteiger partial charge in [-0.05, 0) is 65.2 Å². The fraction of sp³-hybridized carbons (Fsp3) is 0.200. The zero-order valence-electron chi connectivity index (χ0n) is 10.7. The zero-order chi connectivity index (χ0) is 14.0. The Hall–Kier alpha value is -1.42. The first-order valence-corrected chi connectivity index (χ1v) is 6.74. The molecule has 0 aliphatic carbocycles. The Labute approximate surface area is 119 Å². The predicted octanol–water partition coefficient (Wildman–Crippen LogP) is 5.21. The van der Waals surface area contributed by atoms with Crippen LogP contribution in [-0.4, -0.2) is 0 Å². The van der Waals surface area contributed by atoms with Crippen LogP contribution in [0.15, 0.2) is 40.9 Å². The lowest BCUT2D eigenvalue weighted by Crippen LogP contribution is -2.07. The van der Waals surface area contributed by atoms with Gasteiger partial charge in [-0.3, -0.25) is 0 Å². The number of rotatable bonds is 3. The fourth-order valence-electron chi connectivity index (χ4n) is 1.80. The summed E-state index contributed by atoms with van der Waals surface area (Å²) in [5.41, 5.74) is 2.26. The second-order valence-corrected chi connectivity index (χ2v) is 5.36. The van der Waals surface area contributed by atoms with Crippen LogP contribution in [0.25, 0.3) is 0 Å². The van der Waals surface area contributed by atoms with Gasteiger partial charge in [0.05, 0.1) is 4.47 Å². The van der Waals surface area contributed by atoms with Gasteiger partial charge in [0.15, 0.2) is 0 Å². The third-order valence-corrected chi connectivity index (χ3v) is 3.61. The summed E-state index contributed by atoms with van der Waals surface area (Å²) in [4.78, 5) is 0. The maximum atomic E-state index is 13.5. The molecule has 2 aromatic rings. The molecule has 1 unspecified atom stereocenters. The van der Waals surface area contributed by atoms with Crippen LogP contribution in [0.2, 0.25) is 0 Å². The SMILES string of the molecule is Cc1ccc(C(C)Nc2ccc(F)c(Br)c2)cc1F. The molecule has 0 spiro atoms. The summed E-state index contributed by atoms with van der Waals surface area (Å²) in [7, 11) is 0. The van der Waals surface area contributed by atoms with Crippen molar-refractivity contribution in [2.75, 3.05) is 5.32 Å². The van der Waals surface area contributed by atoms with Crippen molar-refractivity contribution in [3.05, 3.63) is 63.6 Å². The van der Waals surface area contributed by atoms with Gasteiger partial charge in [-0.1, -0.05) is 12.1 Å². The highest BCUT2D eigenvalue weighted by Crippen LogP contribution is 2.24. The third kappa shape index (κ3) is 3.32. The van der Waals surface area contributed by atoms with Crippen molar-refractivity contribution in [1.29, 1.82) is 0 Å². The Morgan fingerprint density at radius 1 is 1.05 bits per heavy atom. The van der Waals surface area contributed by atoms with Gasteiger partial charge < -0.3 is 5.32 Å². The van der Waals surface area contributed by atoms with Gasteiger partial charge in [0.25, 0.3) is 0 Å². The molecule has 0 aliphatic rings. The first-order chi connectivity index (χ1) is 8.97. The number of hydrogen-bond donors (Lipinski definition) is 1. The first kappa shape index (κ1) is 14.0. The Bertz CT molecular complexity index is 599. The summed E-state index contributed by atoms with van der Waals surface area (Å²) in [5.74, 6) is -0.522. The zero-order valence-corrected chi connectivity index (χ0v) is 12.3. The van der Waals surface area contributed by atoms with Gasteiger partial charge in [0, 0.05) is 11.7 Å². The molecule has 1 N–H and O–H groups in total. The van der Waals surface area contributed by atoms with Crippen LogP contribution in [0.4, 0.5) is 14.5 Å². The van der Waals surface area contributed by atoms with E-state index in [0.29, 0.717) is 10.0 Å². The highest BCUT2D eigenvalue weighted by Gasteiger charge is 2.08. The smallest absolute Gasteiger partial charge is 0.137 e. The molecule has 4 heteroatoms. The second kappa shape index (κ2) is 5.70. The Kier molecular flexibility index (Phi) is 4.20. The van der Waals surface area contributed by atoms with E-state index in [-0.39, 0.29) is 17.7 Å². The predicted molar refractivity (Wildman–Crippen MR) is 77.3 cm³/mol. The van der Waals surface area contributed by atoms with Crippen molar-refractivity contribution >= 4 is 21.6 Å². The largest absolute Gasteiger partial charge is 0.378 e. The lowest BCUT2D eigenvalue weighted by Gasteiger charge is -2.16. The molecule has 2 aromatic carbocycles. The molecule has 0 aromatic heterocycles. The minimum Gasteiger partial charge on any atom is -0.378 e. The highest BCUT2D eigenvalue weighted by molar-refractivity contribution is 9.10. The lowest BCUT2D eigenvalue weighted by molar-refractivity contribution is 0.614. The van der Waals surface area contributed by atoms with E-state index in [1.807, 2.05) is 13.0 Å². The van der Waals surface area contributed by atoms with Crippen LogP contribution in [0.3, 0.4) is 0 Å². The topological polar surface area (TPSA) is 12.0 Å². The minimum atomic E-state index is -0.306. The van der Waals surface area contributed by atoms with Gasteiger partial charge in [-0.15, -0.1) is 0 Å². The van der Waals surface area contributed by atoms with E-state index >= 15 is 0 Å². The van der Waals surface area contributed by atoms with E-state index < -0.39 is 0 Å². The first-order valence-electron chi connectivity index (χ1n) is 5.95. The van der Waals surface area contributed by atoms with Crippen molar-refractivity contribution in [3.63, 3.8) is 0 Å². The standard InChI is InChI=1S/C15H14BrF2N/c1-9-3-4-11(7-15(9)18)10(2)19-12-5-6-14(17)13(16)8-12/h3-8,10,19H,1-2H3. The van der Waals surface area contributed by atoms with Crippen LogP contribution in [0.5, 0.6) is 0 Å². The van der Waals surface area contributed by atoms with Crippen LogP contribution >= 0.6 is 15.9 Å². The van der Waals surface area contributed by atoms with Crippen LogP contribution in [-0.2, 0) is 0 Å². The molecule has 0 aliphatic heterocycles. The van der Waals surface area contributed by atoms with Crippen LogP contribution < -0.4 is 5.32 Å². The molecule has 0 heterocycles. The summed E-state index contributed by atoms with van der Waals surface area (Å²) in [6, 6.07) is 9.79. The quantitative estimate of drug-likeness (QED) is 0.816. The summed E-state index contributed by atoms with van der Waals surface area (Å²) in [6.45, 7) is 3.66. The summed E-state index contributed by atoms with van der Waals surface area (Å²) in [5, 5.41) is 3.21. The average molecular weight is 326 g/mol. The summed E-state index contributed by atoms with van der Waals surface area (Å²) in [6.07, 6.45) is 0. The molecule has 0 amide bonds. The van der Waals surface area contributed by atoms with E-state index in [1.165, 1.54) is 12.1 Å². The molecule has 1 nitrogen and oxygen atoms in total. The molecule has 0 radical (unpaired) electrons. The van der Waals surface area contributed by atoms with Gasteiger partial charge in [-0.2, -0.15) is 0 Å².